The van der Waals surface area contributed by atoms with Crippen molar-refractivity contribution in [2.75, 3.05) is 14.9 Å². The number of fused-ring (bicyclic) bond motifs is 22. The lowest BCUT2D eigenvalue weighted by atomic mass is 9.40. The Morgan fingerprint density at radius 1 is 0.280 bits per heavy atom. The summed E-state index contributed by atoms with van der Waals surface area (Å²) >= 11 is 0. The van der Waals surface area contributed by atoms with Gasteiger partial charge in [0.25, 0.3) is 0 Å². The van der Waals surface area contributed by atoms with E-state index >= 15 is 0 Å². The lowest BCUT2D eigenvalue weighted by molar-refractivity contribution is 0.183. The summed E-state index contributed by atoms with van der Waals surface area (Å²) in [4.78, 5) is 5.18. The Hall–Kier alpha value is -11.4. The second-order valence-electron chi connectivity index (χ2n) is 28.6. The molecular formula is C94H78B2N4. The van der Waals surface area contributed by atoms with Crippen LogP contribution in [0.1, 0.15) is 58.1 Å². The Kier molecular flexibility index (Phi) is 16.2. The minimum Gasteiger partial charge on any atom is -0.376 e. The number of hydrogen-bond donors (Lipinski definition) is 2. The number of anilines is 6. The fourth-order valence-corrected chi connectivity index (χ4v) is 16.9. The number of nitrogens with one attached hydrogen (secondary N) is 2. The first kappa shape index (κ1) is 62.1. The van der Waals surface area contributed by atoms with Crippen LogP contribution >= 0.6 is 0 Å². The number of nitrogens with zero attached hydrogens (tertiary/aromatic N) is 2. The SMILES string of the molecule is CC1(C)CCCC(C)(C)N1.c1ccc(-c2ccccc2Cc2ccccc2-c2ccc(-c3ccccc3Nc3ccccc3-c3ccccc3)cc2)cc1.c1ccc2c(c1)B1c3cc4c(cc3-c3ccccc3N1c1ccccc1-2)B1c2ccccc2-c2ccccc2N1c1ccccc1-4. The van der Waals surface area contributed by atoms with E-state index < -0.39 is 0 Å². The molecule has 14 aromatic carbocycles. The van der Waals surface area contributed by atoms with Crippen LogP contribution in [0.25, 0.3) is 89.0 Å². The molecule has 1 fully saturated rings. The first-order valence-corrected chi connectivity index (χ1v) is 35.6. The summed E-state index contributed by atoms with van der Waals surface area (Å²) in [6.45, 7) is 9.29. The summed E-state index contributed by atoms with van der Waals surface area (Å²) in [7, 11) is 0. The Balaban J connectivity index is 0.000000132. The van der Waals surface area contributed by atoms with Gasteiger partial charge in [0, 0.05) is 78.6 Å². The van der Waals surface area contributed by atoms with Crippen molar-refractivity contribution >= 4 is 69.7 Å². The van der Waals surface area contributed by atoms with Gasteiger partial charge in [-0.15, -0.1) is 0 Å². The van der Waals surface area contributed by atoms with Crippen LogP contribution < -0.4 is 42.1 Å². The molecule has 0 amide bonds. The van der Waals surface area contributed by atoms with Crippen molar-refractivity contribution in [3.8, 4) is 89.0 Å². The molecule has 0 unspecified atom stereocenters. The highest BCUT2D eigenvalue weighted by molar-refractivity contribution is 6.94. The predicted molar refractivity (Wildman–Crippen MR) is 428 cm³/mol. The average molecular weight is 1290 g/mol. The van der Waals surface area contributed by atoms with E-state index in [1.165, 1.54) is 164 Å². The molecule has 4 nitrogen and oxygen atoms in total. The quantitative estimate of drug-likeness (QED) is 0.148. The topological polar surface area (TPSA) is 30.5 Å². The van der Waals surface area contributed by atoms with E-state index in [4.69, 9.17) is 0 Å². The molecule has 5 aliphatic rings. The number of benzene rings is 14. The second-order valence-corrected chi connectivity index (χ2v) is 28.6. The summed E-state index contributed by atoms with van der Waals surface area (Å²) in [6.07, 6.45) is 4.87. The summed E-state index contributed by atoms with van der Waals surface area (Å²) in [6, 6.07) is 124. The van der Waals surface area contributed by atoms with Gasteiger partial charge in [0.05, 0.1) is 0 Å². The highest BCUT2D eigenvalue weighted by Gasteiger charge is 2.47. The van der Waals surface area contributed by atoms with Crippen LogP contribution in [0.15, 0.2) is 340 Å². The van der Waals surface area contributed by atoms with E-state index in [0.717, 1.165) is 17.8 Å². The zero-order chi connectivity index (χ0) is 67.3. The van der Waals surface area contributed by atoms with Crippen LogP contribution in [-0.4, -0.2) is 24.8 Å². The number of para-hydroxylation sites is 6. The fraction of sp³-hybridized carbons (Fsp3) is 0.106. The first-order valence-electron chi connectivity index (χ1n) is 35.6. The first-order chi connectivity index (χ1) is 49.1. The van der Waals surface area contributed by atoms with Crippen LogP contribution in [-0.2, 0) is 6.42 Å². The summed E-state index contributed by atoms with van der Waals surface area (Å²) in [5.41, 5.74) is 36.4. The van der Waals surface area contributed by atoms with Gasteiger partial charge in [-0.25, -0.2) is 0 Å². The lowest BCUT2D eigenvalue weighted by Crippen LogP contribution is -2.62. The van der Waals surface area contributed by atoms with Crippen molar-refractivity contribution in [1.82, 2.24) is 5.32 Å². The van der Waals surface area contributed by atoms with Gasteiger partial charge >= 0.3 is 13.7 Å². The van der Waals surface area contributed by atoms with Gasteiger partial charge in [-0.05, 0) is 178 Å². The summed E-state index contributed by atoms with van der Waals surface area (Å²) in [5, 5.41) is 7.37. The van der Waals surface area contributed by atoms with Crippen molar-refractivity contribution in [2.24, 2.45) is 0 Å². The van der Waals surface area contributed by atoms with Crippen molar-refractivity contribution in [1.29, 1.82) is 0 Å². The number of rotatable bonds is 8. The van der Waals surface area contributed by atoms with Gasteiger partial charge in [-0.2, -0.15) is 0 Å². The van der Waals surface area contributed by atoms with Crippen molar-refractivity contribution in [3.05, 3.63) is 351 Å². The van der Waals surface area contributed by atoms with Gasteiger partial charge in [0.2, 0.25) is 0 Å². The van der Waals surface area contributed by atoms with E-state index in [1.807, 2.05) is 0 Å². The predicted octanol–water partition coefficient (Wildman–Crippen LogP) is 21.5. The van der Waals surface area contributed by atoms with Gasteiger partial charge in [0.15, 0.2) is 0 Å². The number of piperidine rings is 1. The van der Waals surface area contributed by atoms with Crippen LogP contribution in [0.2, 0.25) is 0 Å². The third-order valence-electron chi connectivity index (χ3n) is 21.1. The molecule has 100 heavy (non-hydrogen) atoms. The zero-order valence-electron chi connectivity index (χ0n) is 57.2. The molecule has 6 heteroatoms. The largest absolute Gasteiger partial charge is 0.376 e. The molecule has 14 aromatic rings. The van der Waals surface area contributed by atoms with Gasteiger partial charge < -0.3 is 20.3 Å². The van der Waals surface area contributed by atoms with Gasteiger partial charge in [-0.3, -0.25) is 0 Å². The van der Waals surface area contributed by atoms with Crippen molar-refractivity contribution < 1.29 is 0 Å². The normalized spacial score (nSPS) is 14.2. The minimum atomic E-state index is 0.0749. The van der Waals surface area contributed by atoms with Gasteiger partial charge in [0.1, 0.15) is 0 Å². The Morgan fingerprint density at radius 2 is 0.570 bits per heavy atom. The fourth-order valence-electron chi connectivity index (χ4n) is 16.9. The smallest absolute Gasteiger partial charge is 0.329 e. The lowest BCUT2D eigenvalue weighted by Gasteiger charge is -2.46. The molecule has 480 valence electrons. The zero-order valence-corrected chi connectivity index (χ0v) is 57.2. The second kappa shape index (κ2) is 26.1. The third kappa shape index (κ3) is 11.5. The Bertz CT molecular complexity index is 5040. The third-order valence-corrected chi connectivity index (χ3v) is 21.1. The molecule has 1 saturated heterocycles. The Labute approximate surface area is 590 Å². The molecule has 2 N–H and O–H groups in total. The van der Waals surface area contributed by atoms with Crippen molar-refractivity contribution in [2.45, 2.75) is 64.5 Å². The molecule has 5 heterocycles. The van der Waals surface area contributed by atoms with E-state index in [2.05, 4.69) is 388 Å². The highest BCUT2D eigenvalue weighted by Crippen LogP contribution is 2.50. The molecule has 0 aromatic heterocycles. The maximum Gasteiger partial charge on any atom is 0.329 e. The molecule has 0 bridgehead atoms. The molecule has 19 rings (SSSR count). The van der Waals surface area contributed by atoms with Crippen LogP contribution in [0, 0.1) is 0 Å². The van der Waals surface area contributed by atoms with E-state index in [0.29, 0.717) is 11.1 Å². The van der Waals surface area contributed by atoms with Gasteiger partial charge in [-0.1, -0.05) is 303 Å². The molecule has 0 saturated carbocycles. The molecular weight excluding hydrogens is 1210 g/mol. The van der Waals surface area contributed by atoms with Crippen LogP contribution in [0.3, 0.4) is 0 Å². The summed E-state index contributed by atoms with van der Waals surface area (Å²) in [5.74, 6) is 0. The standard InChI is InChI=1S/C43H33N.C42H26B2N2.C9H19N/c1-3-15-32(16-4-1)38-21-9-7-19-36(38)31-37-20-8-10-22-39(37)34-27-29-35(30-28-34)41-24-12-14-26-43(41)44-42-25-13-11-23-40(42)33-17-5-2-6-18-33;1-7-19-35-27(13-1)29-15-3-9-21-39(29)45-41-23-11-5-17-31(41)33-26-38-34(25-37(33)43(35)45)32-18-6-12-24-42(32)46-40-22-10-4-16-30(40)28-14-2-8-20-36(28)44(38)46;1-8(2)6-5-7-9(3,4)10-8/h1-30,44H,31H2;1-26H;10H,5-7H2,1-4H3. The molecule has 0 atom stereocenters. The summed E-state index contributed by atoms with van der Waals surface area (Å²) < 4.78 is 0. The molecule has 0 radical (unpaired) electrons. The minimum absolute atomic E-state index is 0.0749. The maximum atomic E-state index is 3.74. The maximum absolute atomic E-state index is 3.74. The van der Waals surface area contributed by atoms with Crippen molar-refractivity contribution in [3.63, 3.8) is 0 Å². The van der Waals surface area contributed by atoms with E-state index in [1.54, 1.807) is 0 Å². The average Bonchev–Trinajstić information content (AvgIpc) is 0.694. The molecule has 0 aliphatic carbocycles. The monoisotopic (exact) mass is 1280 g/mol. The van der Waals surface area contributed by atoms with Crippen LogP contribution in [0.4, 0.5) is 34.1 Å². The van der Waals surface area contributed by atoms with E-state index in [-0.39, 0.29) is 13.7 Å². The van der Waals surface area contributed by atoms with E-state index in [9.17, 15) is 0 Å². The van der Waals surface area contributed by atoms with Crippen LogP contribution in [0.5, 0.6) is 0 Å². The molecule has 0 spiro atoms. The molecule has 5 aliphatic heterocycles. The number of hydrogen-bond acceptors (Lipinski definition) is 4. The Morgan fingerprint density at radius 3 is 0.960 bits per heavy atom. The highest BCUT2D eigenvalue weighted by atomic mass is 15.1.